The predicted molar refractivity (Wildman–Crippen MR) is 94.4 cm³/mol. The van der Waals surface area contributed by atoms with E-state index in [1.54, 1.807) is 16.5 Å². The van der Waals surface area contributed by atoms with Gasteiger partial charge in [-0.3, -0.25) is 4.79 Å². The number of sulfonamides is 1. The maximum Gasteiger partial charge on any atom is 0.336 e. The van der Waals surface area contributed by atoms with E-state index in [4.69, 9.17) is 4.74 Å². The number of amides is 1. The molecule has 10 heteroatoms. The lowest BCUT2D eigenvalue weighted by Gasteiger charge is -2.34. The molecule has 2 aromatic rings. The molecule has 1 aliphatic heterocycles. The second-order valence-corrected chi connectivity index (χ2v) is 8.04. The van der Waals surface area contributed by atoms with Crippen LogP contribution in [0.1, 0.15) is 6.92 Å². The van der Waals surface area contributed by atoms with Crippen molar-refractivity contribution in [2.45, 2.75) is 13.0 Å². The zero-order valence-electron chi connectivity index (χ0n) is 14.6. The van der Waals surface area contributed by atoms with Crippen molar-refractivity contribution >= 4 is 15.9 Å². The van der Waals surface area contributed by atoms with Gasteiger partial charge in [-0.2, -0.15) is 9.29 Å². The third-order valence-electron chi connectivity index (χ3n) is 4.14. The van der Waals surface area contributed by atoms with E-state index in [-0.39, 0.29) is 25.0 Å². The summed E-state index contributed by atoms with van der Waals surface area (Å²) in [5.74, 6) is -0.214. The number of carbonyl (C=O) groups is 1. The lowest BCUT2D eigenvalue weighted by molar-refractivity contribution is -0.139. The Morgan fingerprint density at radius 3 is 2.42 bits per heavy atom. The van der Waals surface area contributed by atoms with E-state index in [2.05, 4.69) is 10.1 Å². The molecule has 2 heterocycles. The molecule has 1 atom stereocenters. The summed E-state index contributed by atoms with van der Waals surface area (Å²) in [5, 5.41) is 4.22. The van der Waals surface area contributed by atoms with Crippen molar-refractivity contribution in [3.8, 4) is 11.7 Å². The Kier molecular flexibility index (Phi) is 5.23. The highest BCUT2D eigenvalue weighted by molar-refractivity contribution is 7.88. The fourth-order valence-corrected chi connectivity index (χ4v) is 3.54. The van der Waals surface area contributed by atoms with Crippen LogP contribution in [0.15, 0.2) is 36.7 Å². The fourth-order valence-electron chi connectivity index (χ4n) is 2.71. The van der Waals surface area contributed by atoms with E-state index in [1.807, 2.05) is 30.3 Å². The smallest absolute Gasteiger partial charge is 0.336 e. The molecular weight excluding hydrogens is 358 g/mol. The number of hydrogen-bond acceptors (Lipinski definition) is 6. The van der Waals surface area contributed by atoms with Crippen molar-refractivity contribution < 1.29 is 17.9 Å². The molecule has 1 unspecified atom stereocenters. The van der Waals surface area contributed by atoms with Gasteiger partial charge in [-0.1, -0.05) is 18.2 Å². The van der Waals surface area contributed by atoms with E-state index in [0.29, 0.717) is 13.1 Å². The Labute approximate surface area is 152 Å². The number of piperazine rings is 1. The monoisotopic (exact) mass is 379 g/mol. The van der Waals surface area contributed by atoms with Gasteiger partial charge in [0.1, 0.15) is 6.33 Å². The second kappa shape index (κ2) is 7.42. The maximum atomic E-state index is 12.5. The van der Waals surface area contributed by atoms with Gasteiger partial charge in [0.25, 0.3) is 5.91 Å². The SMILES string of the molecule is CC(Oc1ncn(-c2ccccc2)n1)C(=O)N1CCN(S(C)(=O)=O)CC1. The minimum absolute atomic E-state index is 0.115. The minimum Gasteiger partial charge on any atom is -0.449 e. The predicted octanol–water partition coefficient (Wildman–Crippen LogP) is 0.138. The summed E-state index contributed by atoms with van der Waals surface area (Å²) in [4.78, 5) is 18.2. The molecule has 0 N–H and O–H groups in total. The number of ether oxygens (including phenoxy) is 1. The molecule has 1 saturated heterocycles. The molecule has 26 heavy (non-hydrogen) atoms. The van der Waals surface area contributed by atoms with Crippen LogP contribution in [0.4, 0.5) is 0 Å². The van der Waals surface area contributed by atoms with Crippen molar-refractivity contribution in [2.24, 2.45) is 0 Å². The van der Waals surface area contributed by atoms with Crippen molar-refractivity contribution in [3.63, 3.8) is 0 Å². The van der Waals surface area contributed by atoms with Crippen LogP contribution in [0.3, 0.4) is 0 Å². The Morgan fingerprint density at radius 1 is 1.15 bits per heavy atom. The zero-order valence-corrected chi connectivity index (χ0v) is 15.5. The van der Waals surface area contributed by atoms with Crippen LogP contribution in [0, 0.1) is 0 Å². The van der Waals surface area contributed by atoms with Crippen molar-refractivity contribution in [2.75, 3.05) is 32.4 Å². The van der Waals surface area contributed by atoms with Crippen LogP contribution in [-0.4, -0.2) is 76.8 Å². The van der Waals surface area contributed by atoms with Crippen molar-refractivity contribution in [3.05, 3.63) is 36.7 Å². The van der Waals surface area contributed by atoms with Gasteiger partial charge in [0, 0.05) is 26.2 Å². The molecule has 0 radical (unpaired) electrons. The van der Waals surface area contributed by atoms with Gasteiger partial charge < -0.3 is 9.64 Å². The maximum absolute atomic E-state index is 12.5. The number of benzene rings is 1. The number of nitrogens with zero attached hydrogens (tertiary/aromatic N) is 5. The van der Waals surface area contributed by atoms with Gasteiger partial charge in [-0.15, -0.1) is 5.10 Å². The Bertz CT molecular complexity index is 860. The molecule has 0 spiro atoms. The fraction of sp³-hybridized carbons (Fsp3) is 0.438. The summed E-state index contributed by atoms with van der Waals surface area (Å²) < 4.78 is 31.6. The standard InChI is InChI=1S/C16H21N5O4S/c1-13(15(22)19-8-10-20(11-9-19)26(2,23)24)25-16-17-12-21(18-16)14-6-4-3-5-7-14/h3-7,12-13H,8-11H2,1-2H3. The summed E-state index contributed by atoms with van der Waals surface area (Å²) >= 11 is 0. The van der Waals surface area contributed by atoms with E-state index in [9.17, 15) is 13.2 Å². The first-order valence-electron chi connectivity index (χ1n) is 8.22. The second-order valence-electron chi connectivity index (χ2n) is 6.05. The molecule has 1 aliphatic rings. The molecule has 3 rings (SSSR count). The van der Waals surface area contributed by atoms with Gasteiger partial charge >= 0.3 is 6.01 Å². The van der Waals surface area contributed by atoms with Gasteiger partial charge in [-0.25, -0.2) is 13.1 Å². The summed E-state index contributed by atoms with van der Waals surface area (Å²) in [7, 11) is -3.23. The lowest BCUT2D eigenvalue weighted by Crippen LogP contribution is -2.53. The molecule has 0 saturated carbocycles. The number of aromatic nitrogens is 3. The Morgan fingerprint density at radius 2 is 1.81 bits per heavy atom. The third-order valence-corrected chi connectivity index (χ3v) is 5.44. The summed E-state index contributed by atoms with van der Waals surface area (Å²) in [5.41, 5.74) is 0.839. The molecule has 0 bridgehead atoms. The normalized spacial score (nSPS) is 17.1. The lowest BCUT2D eigenvalue weighted by atomic mass is 10.3. The largest absolute Gasteiger partial charge is 0.449 e. The average Bonchev–Trinajstić information content (AvgIpc) is 3.09. The molecule has 140 valence electrons. The Balaban J connectivity index is 1.58. The van der Waals surface area contributed by atoms with Crippen LogP contribution in [0.25, 0.3) is 5.69 Å². The third kappa shape index (κ3) is 4.20. The number of para-hydroxylation sites is 1. The molecule has 1 amide bonds. The van der Waals surface area contributed by atoms with Crippen LogP contribution in [-0.2, 0) is 14.8 Å². The molecule has 1 aromatic carbocycles. The van der Waals surface area contributed by atoms with Crippen molar-refractivity contribution in [1.29, 1.82) is 0 Å². The number of rotatable bonds is 5. The van der Waals surface area contributed by atoms with E-state index in [1.165, 1.54) is 16.9 Å². The number of carbonyl (C=O) groups excluding carboxylic acids is 1. The average molecular weight is 379 g/mol. The summed E-state index contributed by atoms with van der Waals surface area (Å²) in [6.07, 6.45) is 1.93. The zero-order chi connectivity index (χ0) is 18.7. The van der Waals surface area contributed by atoms with Gasteiger partial charge in [-0.05, 0) is 19.1 Å². The Hall–Kier alpha value is -2.46. The van der Waals surface area contributed by atoms with Gasteiger partial charge in [0.15, 0.2) is 6.10 Å². The van der Waals surface area contributed by atoms with Crippen LogP contribution >= 0.6 is 0 Å². The van der Waals surface area contributed by atoms with Crippen molar-refractivity contribution in [1.82, 2.24) is 24.0 Å². The molecule has 1 fully saturated rings. The molecule has 1 aromatic heterocycles. The molecule has 0 aliphatic carbocycles. The van der Waals surface area contributed by atoms with Crippen LogP contribution in [0.5, 0.6) is 6.01 Å². The minimum atomic E-state index is -3.23. The highest BCUT2D eigenvalue weighted by Gasteiger charge is 2.29. The quantitative estimate of drug-likeness (QED) is 0.733. The highest BCUT2D eigenvalue weighted by Crippen LogP contribution is 2.12. The highest BCUT2D eigenvalue weighted by atomic mass is 32.2. The van der Waals surface area contributed by atoms with Crippen LogP contribution < -0.4 is 4.74 Å². The first-order chi connectivity index (χ1) is 12.3. The molecular formula is C16H21N5O4S. The first-order valence-corrected chi connectivity index (χ1v) is 10.1. The van der Waals surface area contributed by atoms with Gasteiger partial charge in [0.2, 0.25) is 10.0 Å². The topological polar surface area (TPSA) is 97.6 Å². The van der Waals surface area contributed by atoms with Gasteiger partial charge in [0.05, 0.1) is 11.9 Å². The summed E-state index contributed by atoms with van der Waals surface area (Å²) in [6.45, 7) is 2.89. The number of hydrogen-bond donors (Lipinski definition) is 0. The van der Waals surface area contributed by atoms with Crippen LogP contribution in [0.2, 0.25) is 0 Å². The first kappa shape index (κ1) is 18.3. The van der Waals surface area contributed by atoms with E-state index < -0.39 is 16.1 Å². The van der Waals surface area contributed by atoms with E-state index >= 15 is 0 Å². The molecule has 9 nitrogen and oxygen atoms in total. The van der Waals surface area contributed by atoms with E-state index in [0.717, 1.165) is 5.69 Å². The summed E-state index contributed by atoms with van der Waals surface area (Å²) in [6, 6.07) is 9.56.